The van der Waals surface area contributed by atoms with E-state index in [1.165, 1.54) is 0 Å². The van der Waals surface area contributed by atoms with E-state index in [1.54, 1.807) is 0 Å². The van der Waals surface area contributed by atoms with Gasteiger partial charge in [0.2, 0.25) is 0 Å². The molecule has 0 aromatic heterocycles. The van der Waals surface area contributed by atoms with Gasteiger partial charge in [-0.05, 0) is 26.8 Å². The van der Waals surface area contributed by atoms with Crippen LogP contribution in [0.4, 0.5) is 0 Å². The summed E-state index contributed by atoms with van der Waals surface area (Å²) in [6, 6.07) is 7.65. The topological polar surface area (TPSA) is 18.5 Å². The Bertz CT molecular complexity index is 376. The first kappa shape index (κ1) is 11.9. The molecule has 1 aromatic rings. The highest BCUT2D eigenvalue weighted by molar-refractivity contribution is 6.31. The number of benzene rings is 1. The van der Waals surface area contributed by atoms with E-state index in [1.807, 2.05) is 24.3 Å². The molecule has 0 aliphatic carbocycles. The Labute approximate surface area is 102 Å². The van der Waals surface area contributed by atoms with E-state index < -0.39 is 0 Å². The van der Waals surface area contributed by atoms with Crippen molar-refractivity contribution in [2.75, 3.05) is 0 Å². The third-order valence-electron chi connectivity index (χ3n) is 2.72. The van der Waals surface area contributed by atoms with Crippen LogP contribution in [-0.2, 0) is 9.47 Å². The smallest absolute Gasteiger partial charge is 0.186 e. The van der Waals surface area contributed by atoms with Gasteiger partial charge in [0.15, 0.2) is 6.29 Å². The van der Waals surface area contributed by atoms with E-state index in [0.717, 1.165) is 12.0 Å². The predicted octanol–water partition coefficient (Wildman–Crippen LogP) is 3.94. The second-order valence-electron chi connectivity index (χ2n) is 4.88. The van der Waals surface area contributed by atoms with E-state index in [-0.39, 0.29) is 18.0 Å². The first-order valence-electron chi connectivity index (χ1n) is 5.56. The summed E-state index contributed by atoms with van der Waals surface area (Å²) in [7, 11) is 0. The van der Waals surface area contributed by atoms with Crippen LogP contribution in [0.1, 0.15) is 39.0 Å². The number of rotatable bonds is 1. The van der Waals surface area contributed by atoms with E-state index in [0.29, 0.717) is 5.02 Å². The lowest BCUT2D eigenvalue weighted by atomic mass is 9.99. The van der Waals surface area contributed by atoms with Crippen molar-refractivity contribution < 1.29 is 9.47 Å². The fraction of sp³-hybridized carbons (Fsp3) is 0.538. The zero-order chi connectivity index (χ0) is 11.8. The molecule has 1 saturated heterocycles. The lowest BCUT2D eigenvalue weighted by Gasteiger charge is -2.39. The van der Waals surface area contributed by atoms with Crippen LogP contribution in [0.5, 0.6) is 0 Å². The summed E-state index contributed by atoms with van der Waals surface area (Å²) >= 11 is 6.14. The van der Waals surface area contributed by atoms with E-state index in [4.69, 9.17) is 21.1 Å². The second-order valence-corrected chi connectivity index (χ2v) is 5.29. The number of halogens is 1. The van der Waals surface area contributed by atoms with E-state index in [9.17, 15) is 0 Å². The Kier molecular flexibility index (Phi) is 3.24. The molecule has 0 spiro atoms. The molecule has 1 aromatic carbocycles. The van der Waals surface area contributed by atoms with Crippen LogP contribution in [0.25, 0.3) is 0 Å². The molecule has 16 heavy (non-hydrogen) atoms. The molecule has 0 bridgehead atoms. The van der Waals surface area contributed by atoms with Crippen molar-refractivity contribution in [1.29, 1.82) is 0 Å². The van der Waals surface area contributed by atoms with Crippen molar-refractivity contribution in [1.82, 2.24) is 0 Å². The highest BCUT2D eigenvalue weighted by Crippen LogP contribution is 2.37. The van der Waals surface area contributed by atoms with Crippen molar-refractivity contribution in [2.24, 2.45) is 0 Å². The van der Waals surface area contributed by atoms with Gasteiger partial charge in [-0.1, -0.05) is 29.8 Å². The molecular weight excluding hydrogens is 224 g/mol. The average molecular weight is 241 g/mol. The van der Waals surface area contributed by atoms with Crippen LogP contribution in [0.15, 0.2) is 24.3 Å². The van der Waals surface area contributed by atoms with E-state index in [2.05, 4.69) is 20.8 Å². The zero-order valence-corrected chi connectivity index (χ0v) is 10.6. The first-order chi connectivity index (χ1) is 7.48. The van der Waals surface area contributed by atoms with Crippen LogP contribution in [0, 0.1) is 0 Å². The predicted molar refractivity (Wildman–Crippen MR) is 64.5 cm³/mol. The van der Waals surface area contributed by atoms with Crippen molar-refractivity contribution in [3.63, 3.8) is 0 Å². The molecule has 2 unspecified atom stereocenters. The Balaban J connectivity index is 2.25. The highest BCUT2D eigenvalue weighted by Gasteiger charge is 2.34. The fourth-order valence-electron chi connectivity index (χ4n) is 2.12. The number of hydrogen-bond donors (Lipinski definition) is 0. The Morgan fingerprint density at radius 1 is 1.31 bits per heavy atom. The van der Waals surface area contributed by atoms with Gasteiger partial charge in [-0.3, -0.25) is 0 Å². The van der Waals surface area contributed by atoms with Gasteiger partial charge in [0, 0.05) is 17.0 Å². The van der Waals surface area contributed by atoms with Gasteiger partial charge in [0.25, 0.3) is 0 Å². The quantitative estimate of drug-likeness (QED) is 0.740. The minimum atomic E-state index is -0.354. The molecule has 3 heteroatoms. The summed E-state index contributed by atoms with van der Waals surface area (Å²) in [5.74, 6) is 0. The van der Waals surface area contributed by atoms with Gasteiger partial charge in [0.1, 0.15) is 0 Å². The summed E-state index contributed by atoms with van der Waals surface area (Å²) in [5, 5.41) is 0.692. The summed E-state index contributed by atoms with van der Waals surface area (Å²) in [4.78, 5) is 0. The third-order valence-corrected chi connectivity index (χ3v) is 3.06. The van der Waals surface area contributed by atoms with Gasteiger partial charge in [-0.15, -0.1) is 0 Å². The molecule has 0 amide bonds. The average Bonchev–Trinajstić information content (AvgIpc) is 2.15. The third kappa shape index (κ3) is 2.57. The molecule has 88 valence electrons. The standard InChI is InChI=1S/C13H17ClO2/c1-9-8-13(2,3)16-12(15-9)10-6-4-5-7-11(10)14/h4-7,9,12H,8H2,1-3H3. The van der Waals surface area contributed by atoms with Crippen LogP contribution in [-0.4, -0.2) is 11.7 Å². The van der Waals surface area contributed by atoms with Gasteiger partial charge in [-0.2, -0.15) is 0 Å². The molecular formula is C13H17ClO2. The monoisotopic (exact) mass is 240 g/mol. The van der Waals surface area contributed by atoms with Gasteiger partial charge < -0.3 is 9.47 Å². The van der Waals surface area contributed by atoms with Crippen molar-refractivity contribution in [3.8, 4) is 0 Å². The Morgan fingerprint density at radius 2 is 2.00 bits per heavy atom. The molecule has 1 heterocycles. The summed E-state index contributed by atoms with van der Waals surface area (Å²) in [5.41, 5.74) is 0.741. The number of hydrogen-bond acceptors (Lipinski definition) is 2. The summed E-state index contributed by atoms with van der Waals surface area (Å²) in [6.07, 6.45) is 0.728. The van der Waals surface area contributed by atoms with Gasteiger partial charge >= 0.3 is 0 Å². The molecule has 0 radical (unpaired) electrons. The molecule has 2 nitrogen and oxygen atoms in total. The first-order valence-corrected chi connectivity index (χ1v) is 5.93. The maximum atomic E-state index is 6.14. The molecule has 1 fully saturated rings. The van der Waals surface area contributed by atoms with Gasteiger partial charge in [0.05, 0.1) is 11.7 Å². The maximum absolute atomic E-state index is 6.14. The van der Waals surface area contributed by atoms with Crippen molar-refractivity contribution in [3.05, 3.63) is 34.9 Å². The Hall–Kier alpha value is -0.570. The summed E-state index contributed by atoms with van der Waals surface area (Å²) in [6.45, 7) is 6.22. The van der Waals surface area contributed by atoms with Gasteiger partial charge in [-0.25, -0.2) is 0 Å². The van der Waals surface area contributed by atoms with Crippen molar-refractivity contribution in [2.45, 2.75) is 45.2 Å². The SMILES string of the molecule is CC1CC(C)(C)OC(c2ccccc2Cl)O1. The molecule has 1 aliphatic rings. The molecule has 2 rings (SSSR count). The molecule has 0 saturated carbocycles. The molecule has 0 N–H and O–H groups in total. The Morgan fingerprint density at radius 3 is 2.62 bits per heavy atom. The van der Waals surface area contributed by atoms with Crippen LogP contribution < -0.4 is 0 Å². The maximum Gasteiger partial charge on any atom is 0.186 e. The summed E-state index contributed by atoms with van der Waals surface area (Å²) < 4.78 is 11.7. The van der Waals surface area contributed by atoms with Crippen molar-refractivity contribution >= 4 is 11.6 Å². The molecule has 1 aliphatic heterocycles. The largest absolute Gasteiger partial charge is 0.345 e. The lowest BCUT2D eigenvalue weighted by molar-refractivity contribution is -0.273. The van der Waals surface area contributed by atoms with Crippen LogP contribution in [0.2, 0.25) is 5.02 Å². The fourth-order valence-corrected chi connectivity index (χ4v) is 2.34. The normalized spacial score (nSPS) is 29.0. The minimum Gasteiger partial charge on any atom is -0.345 e. The minimum absolute atomic E-state index is 0.165. The van der Waals surface area contributed by atoms with E-state index >= 15 is 0 Å². The zero-order valence-electron chi connectivity index (χ0n) is 9.87. The number of ether oxygens (including phenoxy) is 2. The lowest BCUT2D eigenvalue weighted by Crippen LogP contribution is -2.39. The second kappa shape index (κ2) is 4.36. The van der Waals surface area contributed by atoms with Crippen LogP contribution >= 0.6 is 11.6 Å². The molecule has 2 atom stereocenters. The highest BCUT2D eigenvalue weighted by atomic mass is 35.5. The van der Waals surface area contributed by atoms with Crippen LogP contribution in [0.3, 0.4) is 0 Å².